The molecule has 1 atom stereocenters. The molecule has 0 aliphatic heterocycles. The predicted molar refractivity (Wildman–Crippen MR) is 135 cm³/mol. The molecule has 0 unspecified atom stereocenters. The molecule has 0 fully saturated rings. The molecule has 2 aromatic rings. The molecule has 0 radical (unpaired) electrons. The number of hydrogen-bond donors (Lipinski definition) is 3. The Bertz CT molecular complexity index is 974. The van der Waals surface area contributed by atoms with Gasteiger partial charge in [0.25, 0.3) is 0 Å². The van der Waals surface area contributed by atoms with E-state index in [0.29, 0.717) is 19.4 Å². The highest BCUT2D eigenvalue weighted by atomic mass is 16.5. The number of ether oxygens (including phenoxy) is 1. The summed E-state index contributed by atoms with van der Waals surface area (Å²) in [6.07, 6.45) is 3.16. The smallest absolute Gasteiger partial charge is 0.407 e. The van der Waals surface area contributed by atoms with Gasteiger partial charge in [-0.1, -0.05) is 75.2 Å². The number of nitrogens with one attached hydrogen (secondary N) is 2. The summed E-state index contributed by atoms with van der Waals surface area (Å²) in [7, 11) is 0. The van der Waals surface area contributed by atoms with Crippen molar-refractivity contribution in [2.24, 2.45) is 5.92 Å². The summed E-state index contributed by atoms with van der Waals surface area (Å²) >= 11 is 0. The maximum atomic E-state index is 12.7. The van der Waals surface area contributed by atoms with E-state index in [2.05, 4.69) is 34.9 Å². The number of alkyl carbamates (subject to hydrolysis) is 1. The van der Waals surface area contributed by atoms with Crippen molar-refractivity contribution in [3.05, 3.63) is 59.7 Å². The van der Waals surface area contributed by atoms with Gasteiger partial charge in [-0.2, -0.15) is 0 Å². The van der Waals surface area contributed by atoms with E-state index in [1.165, 1.54) is 0 Å². The summed E-state index contributed by atoms with van der Waals surface area (Å²) in [6.45, 7) is 4.70. The lowest BCUT2D eigenvalue weighted by molar-refractivity contribution is -0.137. The van der Waals surface area contributed by atoms with Crippen LogP contribution in [0.1, 0.15) is 69.4 Å². The summed E-state index contributed by atoms with van der Waals surface area (Å²) in [5, 5.41) is 14.3. The van der Waals surface area contributed by atoms with Crippen LogP contribution in [0.25, 0.3) is 11.1 Å². The number of fused-ring (bicyclic) bond motifs is 3. The van der Waals surface area contributed by atoms with E-state index in [0.717, 1.165) is 41.5 Å². The molecule has 0 bridgehead atoms. The molecular weight excluding hydrogens is 444 g/mol. The van der Waals surface area contributed by atoms with Crippen LogP contribution in [0.2, 0.25) is 0 Å². The molecule has 7 nitrogen and oxygen atoms in total. The van der Waals surface area contributed by atoms with Crippen molar-refractivity contribution in [1.82, 2.24) is 10.6 Å². The van der Waals surface area contributed by atoms with Gasteiger partial charge in [0.15, 0.2) is 0 Å². The Labute approximate surface area is 207 Å². The molecule has 1 aliphatic rings. The van der Waals surface area contributed by atoms with E-state index in [9.17, 15) is 14.4 Å². The molecule has 0 heterocycles. The number of carboxylic acid groups (broad SMARTS) is 1. The average Bonchev–Trinajstić information content (AvgIpc) is 3.15. The maximum absolute atomic E-state index is 12.7. The van der Waals surface area contributed by atoms with Gasteiger partial charge in [-0.05, 0) is 47.4 Å². The highest BCUT2D eigenvalue weighted by Crippen LogP contribution is 2.44. The van der Waals surface area contributed by atoms with E-state index in [-0.39, 0.29) is 30.8 Å². The fourth-order valence-corrected chi connectivity index (χ4v) is 4.57. The summed E-state index contributed by atoms with van der Waals surface area (Å²) in [6, 6.07) is 15.6. The molecule has 1 aliphatic carbocycles. The monoisotopic (exact) mass is 480 g/mol. The molecule has 0 spiro atoms. The highest BCUT2D eigenvalue weighted by Gasteiger charge is 2.30. The van der Waals surface area contributed by atoms with Crippen LogP contribution in [0.4, 0.5) is 4.79 Å². The number of rotatable bonds is 13. The summed E-state index contributed by atoms with van der Waals surface area (Å²) in [5.74, 6) is -0.825. The molecule has 3 rings (SSSR count). The van der Waals surface area contributed by atoms with Gasteiger partial charge in [0.1, 0.15) is 12.6 Å². The Balaban J connectivity index is 1.50. The van der Waals surface area contributed by atoms with Gasteiger partial charge in [-0.25, -0.2) is 4.79 Å². The van der Waals surface area contributed by atoms with Gasteiger partial charge >= 0.3 is 12.1 Å². The van der Waals surface area contributed by atoms with E-state index in [1.807, 2.05) is 38.1 Å². The number of unbranched alkanes of at least 4 members (excludes halogenated alkanes) is 3. The number of carbonyl (C=O) groups is 3. The SMILES string of the molecule is CC(C)C[C@@H](NC(=O)OCC1c2ccccc2-c2ccccc21)C(=O)NCCCCCCC(=O)O. The Morgan fingerprint density at radius 1 is 0.914 bits per heavy atom. The number of benzene rings is 2. The minimum Gasteiger partial charge on any atom is -0.481 e. The second kappa shape index (κ2) is 12.9. The first kappa shape index (κ1) is 26.3. The third-order valence-electron chi connectivity index (χ3n) is 6.28. The van der Waals surface area contributed by atoms with Crippen molar-refractivity contribution in [3.63, 3.8) is 0 Å². The van der Waals surface area contributed by atoms with Crippen molar-refractivity contribution in [1.29, 1.82) is 0 Å². The Kier molecular flexibility index (Phi) is 9.70. The summed E-state index contributed by atoms with van der Waals surface area (Å²) in [4.78, 5) is 35.9. The lowest BCUT2D eigenvalue weighted by Crippen LogP contribution is -2.48. The second-order valence-corrected chi connectivity index (χ2v) is 9.50. The highest BCUT2D eigenvalue weighted by molar-refractivity contribution is 5.85. The zero-order valence-electron chi connectivity index (χ0n) is 20.6. The molecule has 0 aromatic heterocycles. The molecule has 0 saturated carbocycles. The predicted octanol–water partition coefficient (Wildman–Crippen LogP) is 5.09. The lowest BCUT2D eigenvalue weighted by Gasteiger charge is -2.21. The van der Waals surface area contributed by atoms with Crippen molar-refractivity contribution in [2.45, 2.75) is 64.3 Å². The molecule has 2 aromatic carbocycles. The quantitative estimate of drug-likeness (QED) is 0.346. The van der Waals surface area contributed by atoms with E-state index in [4.69, 9.17) is 9.84 Å². The third kappa shape index (κ3) is 7.57. The van der Waals surface area contributed by atoms with Crippen LogP contribution >= 0.6 is 0 Å². The number of carboxylic acids is 1. The number of hydrogen-bond acceptors (Lipinski definition) is 4. The standard InChI is InChI=1S/C28H36N2O5/c1-19(2)17-25(27(33)29-16-10-4-3-5-15-26(31)32)30-28(34)35-18-24-22-13-8-6-11-20(22)21-12-7-9-14-23(21)24/h6-9,11-14,19,24-25H,3-5,10,15-18H2,1-2H3,(H,29,33)(H,30,34)(H,31,32)/t25-/m1/s1. The maximum Gasteiger partial charge on any atom is 0.407 e. The first-order chi connectivity index (χ1) is 16.9. The van der Waals surface area contributed by atoms with Crippen LogP contribution in [0, 0.1) is 5.92 Å². The third-order valence-corrected chi connectivity index (χ3v) is 6.28. The largest absolute Gasteiger partial charge is 0.481 e. The van der Waals surface area contributed by atoms with E-state index in [1.54, 1.807) is 0 Å². The average molecular weight is 481 g/mol. The first-order valence-corrected chi connectivity index (χ1v) is 12.5. The van der Waals surface area contributed by atoms with Crippen molar-refractivity contribution in [2.75, 3.05) is 13.2 Å². The first-order valence-electron chi connectivity index (χ1n) is 12.5. The molecule has 0 saturated heterocycles. The molecule has 35 heavy (non-hydrogen) atoms. The minimum absolute atomic E-state index is 0.0355. The van der Waals surface area contributed by atoms with Gasteiger partial charge in [-0.3, -0.25) is 9.59 Å². The molecule has 3 N–H and O–H groups in total. The zero-order valence-corrected chi connectivity index (χ0v) is 20.6. The van der Waals surface area contributed by atoms with Crippen molar-refractivity contribution >= 4 is 18.0 Å². The Morgan fingerprint density at radius 2 is 1.51 bits per heavy atom. The summed E-state index contributed by atoms with van der Waals surface area (Å²) < 4.78 is 5.61. The van der Waals surface area contributed by atoms with E-state index < -0.39 is 18.1 Å². The molecule has 2 amide bonds. The van der Waals surface area contributed by atoms with Crippen LogP contribution in [0.3, 0.4) is 0 Å². The van der Waals surface area contributed by atoms with Gasteiger partial charge in [0.2, 0.25) is 5.91 Å². The van der Waals surface area contributed by atoms with Crippen LogP contribution < -0.4 is 10.6 Å². The van der Waals surface area contributed by atoms with Gasteiger partial charge in [0.05, 0.1) is 0 Å². The fourth-order valence-electron chi connectivity index (χ4n) is 4.57. The van der Waals surface area contributed by atoms with Gasteiger partial charge in [-0.15, -0.1) is 0 Å². The van der Waals surface area contributed by atoms with Crippen LogP contribution in [-0.4, -0.2) is 42.3 Å². The zero-order chi connectivity index (χ0) is 25.2. The number of carbonyl (C=O) groups excluding carboxylic acids is 2. The van der Waals surface area contributed by atoms with E-state index >= 15 is 0 Å². The second-order valence-electron chi connectivity index (χ2n) is 9.50. The number of aliphatic carboxylic acids is 1. The fraction of sp³-hybridized carbons (Fsp3) is 0.464. The molecule has 7 heteroatoms. The van der Waals surface area contributed by atoms with Crippen LogP contribution in [-0.2, 0) is 14.3 Å². The topological polar surface area (TPSA) is 105 Å². The Morgan fingerprint density at radius 3 is 2.11 bits per heavy atom. The Hall–Kier alpha value is -3.35. The number of amides is 2. The molecule has 188 valence electrons. The van der Waals surface area contributed by atoms with Crippen LogP contribution in [0.15, 0.2) is 48.5 Å². The normalized spacial score (nSPS) is 13.1. The lowest BCUT2D eigenvalue weighted by atomic mass is 9.98. The van der Waals surface area contributed by atoms with Gasteiger partial charge < -0.3 is 20.5 Å². The molecular formula is C28H36N2O5. The summed E-state index contributed by atoms with van der Waals surface area (Å²) in [5.41, 5.74) is 4.61. The van der Waals surface area contributed by atoms with Crippen molar-refractivity contribution < 1.29 is 24.2 Å². The van der Waals surface area contributed by atoms with Crippen molar-refractivity contribution in [3.8, 4) is 11.1 Å². The van der Waals surface area contributed by atoms with Crippen LogP contribution in [0.5, 0.6) is 0 Å². The van der Waals surface area contributed by atoms with Gasteiger partial charge in [0, 0.05) is 18.9 Å². The minimum atomic E-state index is -0.783.